The van der Waals surface area contributed by atoms with E-state index in [1.165, 1.54) is 22.3 Å². The first-order valence-corrected chi connectivity index (χ1v) is 30.7. The van der Waals surface area contributed by atoms with Gasteiger partial charge in [0.2, 0.25) is 0 Å². The fourth-order valence-electron chi connectivity index (χ4n) is 11.6. The summed E-state index contributed by atoms with van der Waals surface area (Å²) in [6.07, 6.45) is 15.3. The smallest absolute Gasteiger partial charge is 0.159 e. The average Bonchev–Trinajstić information content (AvgIpc) is 1.00. The molecule has 0 bridgehead atoms. The van der Waals surface area contributed by atoms with Crippen LogP contribution in [0.2, 0.25) is 0 Å². The summed E-state index contributed by atoms with van der Waals surface area (Å²) in [6.45, 7) is 26.8. The second-order valence-electron chi connectivity index (χ2n) is 27.6. The topological polar surface area (TPSA) is 103 Å². The number of aromatic nitrogens is 8. The minimum Gasteiger partial charge on any atom is -0.236 e. The van der Waals surface area contributed by atoms with Gasteiger partial charge in [-0.25, -0.2) is 39.9 Å². The molecule has 4 aromatic heterocycles. The van der Waals surface area contributed by atoms with Crippen molar-refractivity contribution in [1.82, 2.24) is 39.9 Å². The normalized spacial score (nSPS) is 12.3. The van der Waals surface area contributed by atoms with Gasteiger partial charge in [0.15, 0.2) is 23.3 Å². The molecule has 12 aromatic rings. The van der Waals surface area contributed by atoms with Gasteiger partial charge in [0.1, 0.15) is 0 Å². The largest absolute Gasteiger partial charge is 0.236 e. The van der Waals surface area contributed by atoms with Gasteiger partial charge in [-0.15, -0.1) is 0 Å². The lowest BCUT2D eigenvalue weighted by atomic mass is 9.64. The minimum absolute atomic E-state index is 0.0619. The molecule has 0 aliphatic heterocycles. The molecule has 0 saturated carbocycles. The van der Waals surface area contributed by atoms with Crippen LogP contribution >= 0.6 is 0 Å². The van der Waals surface area contributed by atoms with Gasteiger partial charge in [0.25, 0.3) is 0 Å². The average molecular weight is 1160 g/mol. The summed E-state index contributed by atoms with van der Waals surface area (Å²) < 4.78 is 0. The van der Waals surface area contributed by atoms with Crippen LogP contribution in [0.25, 0.3) is 90.1 Å². The first kappa shape index (κ1) is 59.4. The van der Waals surface area contributed by atoms with Crippen LogP contribution in [0.15, 0.2) is 244 Å². The maximum absolute atomic E-state index is 4.94. The molecule has 0 spiro atoms. The first-order valence-electron chi connectivity index (χ1n) is 30.7. The Balaban J connectivity index is 0.948. The maximum atomic E-state index is 4.94. The number of hydrogen-bond acceptors (Lipinski definition) is 8. The molecular weight excluding hydrogens is 1080 g/mol. The molecule has 440 valence electrons. The molecule has 0 saturated heterocycles. The van der Waals surface area contributed by atoms with Crippen molar-refractivity contribution in [3.63, 3.8) is 0 Å². The lowest BCUT2D eigenvalue weighted by molar-refractivity contribution is 0.590. The van der Waals surface area contributed by atoms with Crippen molar-refractivity contribution in [2.75, 3.05) is 0 Å². The Hall–Kier alpha value is -9.92. The molecule has 8 aromatic carbocycles. The number of hydrogen-bond donors (Lipinski definition) is 0. The predicted octanol–water partition coefficient (Wildman–Crippen LogP) is 19.8. The van der Waals surface area contributed by atoms with Crippen LogP contribution in [-0.2, 0) is 27.1 Å². The van der Waals surface area contributed by atoms with Crippen molar-refractivity contribution in [3.8, 4) is 90.1 Å². The fourth-order valence-corrected chi connectivity index (χ4v) is 11.6. The zero-order chi connectivity index (χ0) is 62.3. The van der Waals surface area contributed by atoms with E-state index in [-0.39, 0.29) is 21.7 Å². The summed E-state index contributed by atoms with van der Waals surface area (Å²) in [5, 5.41) is 0. The molecule has 0 radical (unpaired) electrons. The summed E-state index contributed by atoms with van der Waals surface area (Å²) in [4.78, 5) is 39.5. The van der Waals surface area contributed by atoms with E-state index in [1.807, 2.05) is 49.6 Å². The molecule has 0 atom stereocenters. The molecule has 0 unspecified atom stereocenters. The lowest BCUT2D eigenvalue weighted by Crippen LogP contribution is -2.31. The van der Waals surface area contributed by atoms with E-state index >= 15 is 0 Å². The van der Waals surface area contributed by atoms with E-state index in [9.17, 15) is 0 Å². The minimum atomic E-state index is -0.879. The highest BCUT2D eigenvalue weighted by Gasteiger charge is 2.39. The highest BCUT2D eigenvalue weighted by molar-refractivity contribution is 5.72. The van der Waals surface area contributed by atoms with Gasteiger partial charge in [0, 0.05) is 94.1 Å². The highest BCUT2D eigenvalue weighted by atomic mass is 14.9. The molecule has 8 nitrogen and oxygen atoms in total. The van der Waals surface area contributed by atoms with Gasteiger partial charge in [-0.3, -0.25) is 0 Å². The predicted molar refractivity (Wildman–Crippen MR) is 365 cm³/mol. The van der Waals surface area contributed by atoms with Crippen LogP contribution in [0.3, 0.4) is 0 Å². The Morgan fingerprint density at radius 1 is 0.157 bits per heavy atom. The third kappa shape index (κ3) is 12.5. The van der Waals surface area contributed by atoms with Crippen molar-refractivity contribution in [3.05, 3.63) is 288 Å². The fraction of sp³-hybridized carbons (Fsp3) is 0.210. The lowest BCUT2D eigenvalue weighted by Gasteiger charge is -2.37. The quantitative estimate of drug-likeness (QED) is 0.111. The van der Waals surface area contributed by atoms with Crippen LogP contribution in [0, 0.1) is 0 Å². The summed E-state index contributed by atoms with van der Waals surface area (Å²) in [7, 11) is 0. The zero-order valence-corrected chi connectivity index (χ0v) is 53.2. The van der Waals surface area contributed by atoms with Crippen LogP contribution in [-0.4, -0.2) is 39.9 Å². The molecule has 89 heavy (non-hydrogen) atoms. The SMILES string of the molecule is CC(C)(C)c1ccc(-c2cnc(-c3ccc(C(c4ccc(-c5ncc(-c6ccc(C(C)(C)C)cc6)cn5)cc4)(c4ccc(-c5ncc(-c6ccc(C(C)(C)C)cc6)cn5)cc4)c4ccc(-c5ncc(-c6ccc(C(C)(C)C)cc6)cn5)cc4)cc3)nc2)cc1. The third-order valence-corrected chi connectivity index (χ3v) is 17.2. The Morgan fingerprint density at radius 2 is 0.292 bits per heavy atom. The third-order valence-electron chi connectivity index (χ3n) is 17.2. The summed E-state index contributed by atoms with van der Waals surface area (Å²) >= 11 is 0. The van der Waals surface area contributed by atoms with Gasteiger partial charge in [-0.2, -0.15) is 0 Å². The Morgan fingerprint density at radius 3 is 0.438 bits per heavy atom. The molecule has 4 heterocycles. The van der Waals surface area contributed by atoms with E-state index < -0.39 is 5.41 Å². The standard InChI is InChI=1S/C81H76N8/c1-77(2,3)65-29-13-53(14-30-65)61-45-82-73(83-46-61)57-21-37-69(38-22-57)81(70-39-23-58(24-40-70)74-84-47-62(48-85-74)54-15-31-66(32-16-54)78(4,5)6,71-41-25-59(26-42-71)75-86-49-63(50-87-75)55-17-33-67(34-18-55)79(7,8)9)72-43-27-60(28-44-72)76-88-51-64(52-89-76)56-19-35-68(36-20-56)80(10,11)12/h13-52H,1-12H3. The molecule has 0 N–H and O–H groups in total. The second-order valence-corrected chi connectivity index (χ2v) is 27.6. The van der Waals surface area contributed by atoms with Crippen molar-refractivity contribution in [2.45, 2.75) is 110 Å². The molecule has 0 fully saturated rings. The maximum Gasteiger partial charge on any atom is 0.159 e. The van der Waals surface area contributed by atoms with Gasteiger partial charge in [-0.1, -0.05) is 277 Å². The Labute approximate surface area is 525 Å². The monoisotopic (exact) mass is 1160 g/mol. The number of rotatable bonds is 12. The molecule has 0 aliphatic rings. The van der Waals surface area contributed by atoms with Gasteiger partial charge < -0.3 is 0 Å². The zero-order valence-electron chi connectivity index (χ0n) is 53.2. The van der Waals surface area contributed by atoms with Crippen molar-refractivity contribution >= 4 is 0 Å². The van der Waals surface area contributed by atoms with E-state index in [0.29, 0.717) is 23.3 Å². The van der Waals surface area contributed by atoms with Crippen LogP contribution < -0.4 is 0 Å². The first-order chi connectivity index (χ1) is 42.6. The van der Waals surface area contributed by atoms with E-state index in [2.05, 4.69) is 277 Å². The number of benzene rings is 8. The molecule has 0 amide bonds. The Kier molecular flexibility index (Phi) is 15.8. The van der Waals surface area contributed by atoms with Crippen molar-refractivity contribution in [1.29, 1.82) is 0 Å². The molecular formula is C81H76N8. The molecule has 0 aliphatic carbocycles. The highest BCUT2D eigenvalue weighted by Crippen LogP contribution is 2.47. The summed E-state index contributed by atoms with van der Waals surface area (Å²) in [5.41, 5.74) is 20.4. The second kappa shape index (κ2) is 23.6. The Bertz CT molecular complexity index is 3780. The van der Waals surface area contributed by atoms with Crippen molar-refractivity contribution in [2.24, 2.45) is 0 Å². The summed E-state index contributed by atoms with van der Waals surface area (Å²) in [6, 6.07) is 69.6. The summed E-state index contributed by atoms with van der Waals surface area (Å²) in [5.74, 6) is 2.57. The van der Waals surface area contributed by atoms with E-state index in [1.54, 1.807) is 0 Å². The molecule has 12 rings (SSSR count). The van der Waals surface area contributed by atoms with Gasteiger partial charge in [-0.05, 0) is 88.4 Å². The molecule has 8 heteroatoms. The van der Waals surface area contributed by atoms with Crippen LogP contribution in [0.5, 0.6) is 0 Å². The van der Waals surface area contributed by atoms with Crippen LogP contribution in [0.4, 0.5) is 0 Å². The van der Waals surface area contributed by atoms with Gasteiger partial charge >= 0.3 is 0 Å². The number of nitrogens with zero attached hydrogens (tertiary/aromatic N) is 8. The van der Waals surface area contributed by atoms with Crippen LogP contribution in [0.1, 0.15) is 128 Å². The van der Waals surface area contributed by atoms with E-state index in [0.717, 1.165) is 89.0 Å². The van der Waals surface area contributed by atoms with Gasteiger partial charge in [0.05, 0.1) is 5.41 Å². The van der Waals surface area contributed by atoms with E-state index in [4.69, 9.17) is 39.9 Å². The van der Waals surface area contributed by atoms with Crippen molar-refractivity contribution < 1.29 is 0 Å².